The molecule has 118 valence electrons. The first-order chi connectivity index (χ1) is 10.5. The molecule has 1 heterocycles. The second-order valence-electron chi connectivity index (χ2n) is 6.33. The summed E-state index contributed by atoms with van der Waals surface area (Å²) in [6.45, 7) is 2.00. The van der Waals surface area contributed by atoms with Crippen molar-refractivity contribution in [2.75, 3.05) is 14.1 Å². The molecule has 0 spiro atoms. The van der Waals surface area contributed by atoms with Crippen LogP contribution in [0.15, 0.2) is 18.2 Å². The molecule has 0 radical (unpaired) electrons. The summed E-state index contributed by atoms with van der Waals surface area (Å²) in [5.41, 5.74) is 1.88. The first-order valence-corrected chi connectivity index (χ1v) is 8.15. The number of halogens is 1. The third-order valence-corrected chi connectivity index (χ3v) is 5.23. The fourth-order valence-corrected chi connectivity index (χ4v) is 3.55. The molecule has 1 aromatic heterocycles. The second kappa shape index (κ2) is 5.97. The van der Waals surface area contributed by atoms with Crippen LogP contribution in [-0.2, 0) is 5.54 Å². The van der Waals surface area contributed by atoms with E-state index in [0.29, 0.717) is 0 Å². The Morgan fingerprint density at radius 2 is 1.91 bits per heavy atom. The lowest BCUT2D eigenvalue weighted by Crippen LogP contribution is -2.45. The SMILES string of the molecule is Cc1ccc(-n2nnnc2C2(N(C)C)CCCCC2)cc1Cl. The Bertz CT molecular complexity index is 658. The fourth-order valence-electron chi connectivity index (χ4n) is 3.37. The summed E-state index contributed by atoms with van der Waals surface area (Å²) in [7, 11) is 4.24. The van der Waals surface area contributed by atoms with Crippen LogP contribution in [0.3, 0.4) is 0 Å². The molecule has 2 aromatic rings. The maximum atomic E-state index is 6.27. The van der Waals surface area contributed by atoms with Gasteiger partial charge in [-0.05, 0) is 62.0 Å². The number of aromatic nitrogens is 4. The highest BCUT2D eigenvalue weighted by Crippen LogP contribution is 2.40. The van der Waals surface area contributed by atoms with Gasteiger partial charge in [-0.15, -0.1) is 5.10 Å². The van der Waals surface area contributed by atoms with Crippen molar-refractivity contribution in [3.63, 3.8) is 0 Å². The van der Waals surface area contributed by atoms with E-state index < -0.39 is 0 Å². The lowest BCUT2D eigenvalue weighted by Gasteiger charge is -2.41. The van der Waals surface area contributed by atoms with Crippen LogP contribution in [0.25, 0.3) is 5.69 Å². The summed E-state index contributed by atoms with van der Waals surface area (Å²) in [5.74, 6) is 0.914. The van der Waals surface area contributed by atoms with Gasteiger partial charge in [0.15, 0.2) is 5.82 Å². The number of rotatable bonds is 3. The van der Waals surface area contributed by atoms with Crippen LogP contribution in [0, 0.1) is 6.92 Å². The molecule has 0 amide bonds. The summed E-state index contributed by atoms with van der Waals surface area (Å²) in [6.07, 6.45) is 5.87. The van der Waals surface area contributed by atoms with E-state index >= 15 is 0 Å². The summed E-state index contributed by atoms with van der Waals surface area (Å²) in [4.78, 5) is 2.27. The largest absolute Gasteiger partial charge is 0.297 e. The highest BCUT2D eigenvalue weighted by atomic mass is 35.5. The molecule has 5 nitrogen and oxygen atoms in total. The number of hydrogen-bond acceptors (Lipinski definition) is 4. The second-order valence-corrected chi connectivity index (χ2v) is 6.74. The van der Waals surface area contributed by atoms with Crippen molar-refractivity contribution < 1.29 is 0 Å². The van der Waals surface area contributed by atoms with Crippen LogP contribution in [-0.4, -0.2) is 39.2 Å². The number of benzene rings is 1. The molecule has 1 aliphatic carbocycles. The minimum atomic E-state index is -0.0981. The van der Waals surface area contributed by atoms with Crippen molar-refractivity contribution >= 4 is 11.6 Å². The first kappa shape index (κ1) is 15.4. The summed E-state index contributed by atoms with van der Waals surface area (Å²) < 4.78 is 1.84. The Labute approximate surface area is 136 Å². The number of aryl methyl sites for hydroxylation is 1. The third kappa shape index (κ3) is 2.52. The summed E-state index contributed by atoms with van der Waals surface area (Å²) in [5, 5.41) is 13.3. The molecule has 1 saturated carbocycles. The van der Waals surface area contributed by atoms with Gasteiger partial charge < -0.3 is 0 Å². The summed E-state index contributed by atoms with van der Waals surface area (Å²) in [6, 6.07) is 5.96. The quantitative estimate of drug-likeness (QED) is 0.870. The topological polar surface area (TPSA) is 46.8 Å². The van der Waals surface area contributed by atoms with Crippen molar-refractivity contribution in [1.29, 1.82) is 0 Å². The monoisotopic (exact) mass is 319 g/mol. The summed E-state index contributed by atoms with van der Waals surface area (Å²) >= 11 is 6.27. The molecule has 0 bridgehead atoms. The highest BCUT2D eigenvalue weighted by Gasteiger charge is 2.41. The van der Waals surface area contributed by atoms with Crippen LogP contribution >= 0.6 is 11.6 Å². The fraction of sp³-hybridized carbons (Fsp3) is 0.562. The van der Waals surface area contributed by atoms with Crippen LogP contribution in [0.5, 0.6) is 0 Å². The van der Waals surface area contributed by atoms with Gasteiger partial charge in [-0.25, -0.2) is 0 Å². The third-order valence-electron chi connectivity index (χ3n) is 4.82. The Hall–Kier alpha value is -1.46. The van der Waals surface area contributed by atoms with Crippen LogP contribution in [0.4, 0.5) is 0 Å². The van der Waals surface area contributed by atoms with Crippen LogP contribution < -0.4 is 0 Å². The van der Waals surface area contributed by atoms with Gasteiger partial charge in [-0.3, -0.25) is 4.90 Å². The average molecular weight is 320 g/mol. The van der Waals surface area contributed by atoms with Gasteiger partial charge in [-0.2, -0.15) is 4.68 Å². The molecule has 6 heteroatoms. The van der Waals surface area contributed by atoms with Gasteiger partial charge >= 0.3 is 0 Å². The zero-order chi connectivity index (χ0) is 15.7. The van der Waals surface area contributed by atoms with Crippen molar-refractivity contribution in [1.82, 2.24) is 25.1 Å². The predicted molar refractivity (Wildman–Crippen MR) is 87.4 cm³/mol. The predicted octanol–water partition coefficient (Wildman–Crippen LogP) is 3.35. The molecule has 0 aliphatic heterocycles. The van der Waals surface area contributed by atoms with Crippen LogP contribution in [0.2, 0.25) is 5.02 Å². The number of hydrogen-bond donors (Lipinski definition) is 0. The van der Waals surface area contributed by atoms with Crippen molar-refractivity contribution in [3.8, 4) is 5.69 Å². The van der Waals surface area contributed by atoms with E-state index in [1.807, 2.05) is 29.8 Å². The zero-order valence-electron chi connectivity index (χ0n) is 13.4. The normalized spacial score (nSPS) is 17.9. The molecule has 0 unspecified atom stereocenters. The molecule has 1 aliphatic rings. The van der Waals surface area contributed by atoms with E-state index in [0.717, 1.165) is 34.9 Å². The molecular formula is C16H22ClN5. The van der Waals surface area contributed by atoms with Crippen molar-refractivity contribution in [2.24, 2.45) is 0 Å². The minimum Gasteiger partial charge on any atom is -0.297 e. The van der Waals surface area contributed by atoms with Gasteiger partial charge in [0.25, 0.3) is 0 Å². The Morgan fingerprint density at radius 3 is 2.55 bits per heavy atom. The Kier molecular flexibility index (Phi) is 4.19. The Morgan fingerprint density at radius 1 is 1.18 bits per heavy atom. The molecule has 1 aromatic carbocycles. The smallest absolute Gasteiger partial charge is 0.176 e. The van der Waals surface area contributed by atoms with Gasteiger partial charge in [0.05, 0.1) is 11.2 Å². The van der Waals surface area contributed by atoms with E-state index in [-0.39, 0.29) is 5.54 Å². The first-order valence-electron chi connectivity index (χ1n) is 7.77. The zero-order valence-corrected chi connectivity index (χ0v) is 14.1. The lowest BCUT2D eigenvalue weighted by atomic mass is 9.80. The van der Waals surface area contributed by atoms with Gasteiger partial charge in [0, 0.05) is 5.02 Å². The average Bonchev–Trinajstić information content (AvgIpc) is 3.00. The van der Waals surface area contributed by atoms with E-state index in [1.165, 1.54) is 19.3 Å². The van der Waals surface area contributed by atoms with E-state index in [4.69, 9.17) is 11.6 Å². The standard InChI is InChI=1S/C16H22ClN5/c1-12-7-8-13(11-14(12)17)22-15(18-19-20-22)16(21(2)3)9-5-4-6-10-16/h7-8,11H,4-6,9-10H2,1-3H3. The molecule has 0 N–H and O–H groups in total. The van der Waals surface area contributed by atoms with Crippen molar-refractivity contribution in [3.05, 3.63) is 34.6 Å². The van der Waals surface area contributed by atoms with Gasteiger partial charge in [-0.1, -0.05) is 36.9 Å². The maximum absolute atomic E-state index is 6.27. The maximum Gasteiger partial charge on any atom is 0.176 e. The Balaban J connectivity index is 2.09. The van der Waals surface area contributed by atoms with E-state index in [2.05, 4.69) is 34.5 Å². The number of tetrazole rings is 1. The molecule has 0 atom stereocenters. The van der Waals surface area contributed by atoms with E-state index in [1.54, 1.807) is 0 Å². The van der Waals surface area contributed by atoms with Crippen molar-refractivity contribution in [2.45, 2.75) is 44.6 Å². The minimum absolute atomic E-state index is 0.0981. The van der Waals surface area contributed by atoms with Crippen LogP contribution in [0.1, 0.15) is 43.5 Å². The van der Waals surface area contributed by atoms with Gasteiger partial charge in [0.1, 0.15) is 0 Å². The van der Waals surface area contributed by atoms with E-state index in [9.17, 15) is 0 Å². The van der Waals surface area contributed by atoms with Gasteiger partial charge in [0.2, 0.25) is 0 Å². The molecular weight excluding hydrogens is 298 g/mol. The lowest BCUT2D eigenvalue weighted by molar-refractivity contribution is 0.0865. The number of nitrogens with zero attached hydrogens (tertiary/aromatic N) is 5. The molecule has 0 saturated heterocycles. The molecule has 1 fully saturated rings. The molecule has 3 rings (SSSR count). The highest BCUT2D eigenvalue weighted by molar-refractivity contribution is 6.31. The molecule has 22 heavy (non-hydrogen) atoms.